The molecule has 1 rings (SSSR count). The zero-order valence-electron chi connectivity index (χ0n) is 9.22. The van der Waals surface area contributed by atoms with E-state index in [1.807, 2.05) is 0 Å². The Balaban J connectivity index is 2.49. The second-order valence-electron chi connectivity index (χ2n) is 4.68. The van der Waals surface area contributed by atoms with E-state index in [1.165, 1.54) is 12.8 Å². The molecule has 13 heavy (non-hydrogen) atoms. The Morgan fingerprint density at radius 2 is 2.15 bits per heavy atom. The molecule has 0 aliphatic carbocycles. The molecule has 0 spiro atoms. The molecule has 3 unspecified atom stereocenters. The van der Waals surface area contributed by atoms with Gasteiger partial charge < -0.3 is 5.32 Å². The van der Waals surface area contributed by atoms with Gasteiger partial charge in [0.15, 0.2) is 0 Å². The van der Waals surface area contributed by atoms with Crippen LogP contribution >= 0.6 is 0 Å². The molecule has 1 fully saturated rings. The maximum absolute atomic E-state index is 3.85. The van der Waals surface area contributed by atoms with Gasteiger partial charge in [-0.3, -0.25) is 0 Å². The van der Waals surface area contributed by atoms with Crippen molar-refractivity contribution >= 4 is 0 Å². The smallest absolute Gasteiger partial charge is 0.0104 e. The lowest BCUT2D eigenvalue weighted by molar-refractivity contribution is 0.294. The van der Waals surface area contributed by atoms with Crippen molar-refractivity contribution in [2.75, 3.05) is 0 Å². The summed E-state index contributed by atoms with van der Waals surface area (Å²) in [5.41, 5.74) is 0. The molecule has 1 aliphatic heterocycles. The molecule has 76 valence electrons. The van der Waals surface area contributed by atoms with Crippen LogP contribution in [0.5, 0.6) is 0 Å². The largest absolute Gasteiger partial charge is 0.311 e. The van der Waals surface area contributed by atoms with Gasteiger partial charge in [-0.25, -0.2) is 0 Å². The average molecular weight is 181 g/mol. The SMILES string of the molecule is C=CCC(C(C)C)C1CCC(C)N1. The van der Waals surface area contributed by atoms with Crippen LogP contribution in [-0.4, -0.2) is 12.1 Å². The average Bonchev–Trinajstić information content (AvgIpc) is 2.46. The summed E-state index contributed by atoms with van der Waals surface area (Å²) >= 11 is 0. The van der Waals surface area contributed by atoms with Crippen molar-refractivity contribution in [1.29, 1.82) is 0 Å². The highest BCUT2D eigenvalue weighted by atomic mass is 15.0. The van der Waals surface area contributed by atoms with Crippen LogP contribution in [0.1, 0.15) is 40.0 Å². The van der Waals surface area contributed by atoms with Crippen LogP contribution in [0, 0.1) is 11.8 Å². The van der Waals surface area contributed by atoms with E-state index in [2.05, 4.69) is 38.7 Å². The third-order valence-corrected chi connectivity index (χ3v) is 3.22. The lowest BCUT2D eigenvalue weighted by Crippen LogP contribution is -2.36. The molecule has 1 saturated heterocycles. The molecular formula is C12H23N. The first kappa shape index (κ1) is 10.8. The second kappa shape index (κ2) is 4.80. The van der Waals surface area contributed by atoms with Crippen molar-refractivity contribution in [1.82, 2.24) is 5.32 Å². The third-order valence-electron chi connectivity index (χ3n) is 3.22. The quantitative estimate of drug-likeness (QED) is 0.657. The van der Waals surface area contributed by atoms with E-state index < -0.39 is 0 Å². The molecular weight excluding hydrogens is 158 g/mol. The van der Waals surface area contributed by atoms with E-state index in [0.717, 1.165) is 30.3 Å². The van der Waals surface area contributed by atoms with Crippen molar-refractivity contribution in [3.63, 3.8) is 0 Å². The zero-order valence-corrected chi connectivity index (χ0v) is 9.22. The molecule has 0 bridgehead atoms. The Kier molecular flexibility index (Phi) is 3.98. The van der Waals surface area contributed by atoms with Gasteiger partial charge in [-0.1, -0.05) is 19.9 Å². The summed E-state index contributed by atoms with van der Waals surface area (Å²) in [4.78, 5) is 0. The van der Waals surface area contributed by atoms with E-state index in [9.17, 15) is 0 Å². The van der Waals surface area contributed by atoms with Gasteiger partial charge in [0, 0.05) is 12.1 Å². The van der Waals surface area contributed by atoms with Gasteiger partial charge in [0.25, 0.3) is 0 Å². The normalized spacial score (nSPS) is 30.8. The predicted molar refractivity (Wildman–Crippen MR) is 58.8 cm³/mol. The highest BCUT2D eigenvalue weighted by Gasteiger charge is 2.28. The highest BCUT2D eigenvalue weighted by Crippen LogP contribution is 2.27. The van der Waals surface area contributed by atoms with Crippen LogP contribution in [0.25, 0.3) is 0 Å². The predicted octanol–water partition coefficient (Wildman–Crippen LogP) is 2.98. The maximum atomic E-state index is 3.85. The topological polar surface area (TPSA) is 12.0 Å². The van der Waals surface area contributed by atoms with Gasteiger partial charge in [-0.15, -0.1) is 6.58 Å². The molecule has 1 nitrogen and oxygen atoms in total. The first-order valence-electron chi connectivity index (χ1n) is 5.52. The van der Waals surface area contributed by atoms with Crippen LogP contribution in [0.2, 0.25) is 0 Å². The lowest BCUT2D eigenvalue weighted by Gasteiger charge is -2.26. The summed E-state index contributed by atoms with van der Waals surface area (Å²) in [5, 5.41) is 3.67. The minimum atomic E-state index is 0.719. The van der Waals surface area contributed by atoms with Gasteiger partial charge in [0.1, 0.15) is 0 Å². The van der Waals surface area contributed by atoms with Crippen molar-refractivity contribution in [3.05, 3.63) is 12.7 Å². The molecule has 1 heteroatoms. The number of nitrogens with one attached hydrogen (secondary N) is 1. The van der Waals surface area contributed by atoms with Gasteiger partial charge in [-0.05, 0) is 38.0 Å². The Hall–Kier alpha value is -0.300. The third kappa shape index (κ3) is 2.84. The Labute approximate surface area is 82.6 Å². The Morgan fingerprint density at radius 3 is 2.54 bits per heavy atom. The van der Waals surface area contributed by atoms with Crippen molar-refractivity contribution in [2.45, 2.75) is 52.1 Å². The summed E-state index contributed by atoms with van der Waals surface area (Å²) in [7, 11) is 0. The van der Waals surface area contributed by atoms with E-state index in [1.54, 1.807) is 0 Å². The first-order chi connectivity index (χ1) is 6.15. The van der Waals surface area contributed by atoms with Crippen molar-refractivity contribution in [2.24, 2.45) is 11.8 Å². The van der Waals surface area contributed by atoms with Crippen LogP contribution in [0.15, 0.2) is 12.7 Å². The number of hydrogen-bond acceptors (Lipinski definition) is 1. The van der Waals surface area contributed by atoms with Gasteiger partial charge in [0.05, 0.1) is 0 Å². The monoisotopic (exact) mass is 181 g/mol. The molecule has 0 amide bonds. The summed E-state index contributed by atoms with van der Waals surface area (Å²) < 4.78 is 0. The Bertz CT molecular complexity index is 163. The Morgan fingerprint density at radius 1 is 1.46 bits per heavy atom. The van der Waals surface area contributed by atoms with Crippen molar-refractivity contribution < 1.29 is 0 Å². The van der Waals surface area contributed by atoms with E-state index in [0.29, 0.717) is 0 Å². The first-order valence-corrected chi connectivity index (χ1v) is 5.52. The highest BCUT2D eigenvalue weighted by molar-refractivity contribution is 4.90. The lowest BCUT2D eigenvalue weighted by atomic mass is 9.85. The van der Waals surface area contributed by atoms with Gasteiger partial charge >= 0.3 is 0 Å². The molecule has 0 aromatic heterocycles. The van der Waals surface area contributed by atoms with E-state index in [-0.39, 0.29) is 0 Å². The van der Waals surface area contributed by atoms with Crippen LogP contribution in [0.3, 0.4) is 0 Å². The number of hydrogen-bond donors (Lipinski definition) is 1. The molecule has 1 aliphatic rings. The fourth-order valence-electron chi connectivity index (χ4n) is 2.39. The van der Waals surface area contributed by atoms with Crippen LogP contribution in [-0.2, 0) is 0 Å². The molecule has 1 heterocycles. The van der Waals surface area contributed by atoms with Crippen LogP contribution < -0.4 is 5.32 Å². The van der Waals surface area contributed by atoms with E-state index in [4.69, 9.17) is 0 Å². The number of rotatable bonds is 4. The minimum absolute atomic E-state index is 0.719. The minimum Gasteiger partial charge on any atom is -0.311 e. The molecule has 0 saturated carbocycles. The molecule has 3 atom stereocenters. The number of allylic oxidation sites excluding steroid dienone is 1. The van der Waals surface area contributed by atoms with E-state index >= 15 is 0 Å². The van der Waals surface area contributed by atoms with Crippen molar-refractivity contribution in [3.8, 4) is 0 Å². The van der Waals surface area contributed by atoms with Crippen LogP contribution in [0.4, 0.5) is 0 Å². The second-order valence-corrected chi connectivity index (χ2v) is 4.68. The summed E-state index contributed by atoms with van der Waals surface area (Å²) in [5.74, 6) is 1.54. The molecule has 0 aromatic carbocycles. The molecule has 0 aromatic rings. The summed E-state index contributed by atoms with van der Waals surface area (Å²) in [6, 6.07) is 1.45. The fraction of sp³-hybridized carbons (Fsp3) is 0.833. The van der Waals surface area contributed by atoms with Gasteiger partial charge in [-0.2, -0.15) is 0 Å². The maximum Gasteiger partial charge on any atom is 0.0104 e. The molecule has 1 N–H and O–H groups in total. The summed E-state index contributed by atoms with van der Waals surface area (Å²) in [6.07, 6.45) is 5.90. The standard InChI is InChI=1S/C12H23N/c1-5-6-11(9(2)3)12-8-7-10(4)13-12/h5,9-13H,1,6-8H2,2-4H3. The zero-order chi connectivity index (χ0) is 9.84. The fourth-order valence-corrected chi connectivity index (χ4v) is 2.39. The van der Waals surface area contributed by atoms with Gasteiger partial charge in [0.2, 0.25) is 0 Å². The molecule has 0 radical (unpaired) electrons. The summed E-state index contributed by atoms with van der Waals surface area (Å²) in [6.45, 7) is 10.8.